The van der Waals surface area contributed by atoms with Gasteiger partial charge in [-0.15, -0.1) is 0 Å². The van der Waals surface area contributed by atoms with Gasteiger partial charge in [0.25, 0.3) is 0 Å². The molecule has 1 N–H and O–H groups in total. The average molecular weight is 156 g/mol. The highest BCUT2D eigenvalue weighted by Gasteiger charge is 2.25. The van der Waals surface area contributed by atoms with E-state index in [1.807, 2.05) is 0 Å². The molecular formula is C9H20N2. The summed E-state index contributed by atoms with van der Waals surface area (Å²) in [5.74, 6) is 1.80. The highest BCUT2D eigenvalue weighted by molar-refractivity contribution is 4.81. The third-order valence-corrected chi connectivity index (χ3v) is 2.60. The van der Waals surface area contributed by atoms with E-state index in [1.165, 1.54) is 26.1 Å². The van der Waals surface area contributed by atoms with Crippen molar-refractivity contribution in [3.8, 4) is 0 Å². The molecule has 0 aliphatic carbocycles. The number of nitrogens with one attached hydrogen (secondary N) is 1. The summed E-state index contributed by atoms with van der Waals surface area (Å²) in [4.78, 5) is 2.29. The van der Waals surface area contributed by atoms with E-state index < -0.39 is 0 Å². The Hall–Kier alpha value is -0.0800. The average Bonchev–Trinajstić information content (AvgIpc) is 2.34. The molecule has 0 aromatic heterocycles. The molecule has 66 valence electrons. The van der Waals surface area contributed by atoms with Crippen molar-refractivity contribution < 1.29 is 0 Å². The fraction of sp³-hybridized carbons (Fsp3) is 1.00. The fourth-order valence-corrected chi connectivity index (χ4v) is 1.95. The lowest BCUT2D eigenvalue weighted by Crippen LogP contribution is -2.26. The summed E-state index contributed by atoms with van der Waals surface area (Å²) in [6, 6.07) is 0. The highest BCUT2D eigenvalue weighted by atomic mass is 15.1. The zero-order chi connectivity index (χ0) is 8.27. The zero-order valence-electron chi connectivity index (χ0n) is 7.93. The Morgan fingerprint density at radius 3 is 2.45 bits per heavy atom. The van der Waals surface area contributed by atoms with Crippen LogP contribution in [0.25, 0.3) is 0 Å². The van der Waals surface area contributed by atoms with Crippen LogP contribution in [-0.4, -0.2) is 38.6 Å². The van der Waals surface area contributed by atoms with E-state index >= 15 is 0 Å². The smallest absolute Gasteiger partial charge is 0.00188 e. The van der Waals surface area contributed by atoms with Gasteiger partial charge < -0.3 is 10.2 Å². The van der Waals surface area contributed by atoms with E-state index in [0.717, 1.165) is 11.8 Å². The van der Waals surface area contributed by atoms with Gasteiger partial charge in [-0.1, -0.05) is 13.3 Å². The molecule has 2 unspecified atom stereocenters. The molecule has 2 nitrogen and oxygen atoms in total. The van der Waals surface area contributed by atoms with Crippen molar-refractivity contribution in [3.63, 3.8) is 0 Å². The van der Waals surface area contributed by atoms with Crippen molar-refractivity contribution in [3.05, 3.63) is 0 Å². The molecule has 1 heterocycles. The van der Waals surface area contributed by atoms with Gasteiger partial charge in [0.15, 0.2) is 0 Å². The topological polar surface area (TPSA) is 15.3 Å². The van der Waals surface area contributed by atoms with Crippen molar-refractivity contribution in [2.45, 2.75) is 13.3 Å². The molecule has 1 aliphatic heterocycles. The van der Waals surface area contributed by atoms with Gasteiger partial charge >= 0.3 is 0 Å². The van der Waals surface area contributed by atoms with Crippen molar-refractivity contribution >= 4 is 0 Å². The predicted molar refractivity (Wildman–Crippen MR) is 48.7 cm³/mol. The first-order valence-electron chi connectivity index (χ1n) is 4.59. The minimum Gasteiger partial charge on any atom is -0.316 e. The summed E-state index contributed by atoms with van der Waals surface area (Å²) in [5, 5.41) is 3.45. The minimum absolute atomic E-state index is 0.884. The summed E-state index contributed by atoms with van der Waals surface area (Å²) >= 11 is 0. The summed E-state index contributed by atoms with van der Waals surface area (Å²) in [7, 11) is 4.32. The molecule has 1 aliphatic rings. The zero-order valence-corrected chi connectivity index (χ0v) is 7.93. The Labute approximate surface area is 70.0 Å². The number of nitrogens with zero attached hydrogens (tertiary/aromatic N) is 1. The molecule has 0 bridgehead atoms. The first-order chi connectivity index (χ1) is 5.24. The van der Waals surface area contributed by atoms with Crippen molar-refractivity contribution in [1.82, 2.24) is 10.2 Å². The van der Waals surface area contributed by atoms with Gasteiger partial charge in [0.2, 0.25) is 0 Å². The van der Waals surface area contributed by atoms with Crippen molar-refractivity contribution in [2.75, 3.05) is 33.7 Å². The van der Waals surface area contributed by atoms with Crippen LogP contribution in [0.1, 0.15) is 13.3 Å². The van der Waals surface area contributed by atoms with Crippen LogP contribution in [0.3, 0.4) is 0 Å². The molecular weight excluding hydrogens is 136 g/mol. The largest absolute Gasteiger partial charge is 0.316 e. The molecule has 2 heteroatoms. The van der Waals surface area contributed by atoms with E-state index in [1.54, 1.807) is 0 Å². The molecule has 11 heavy (non-hydrogen) atoms. The van der Waals surface area contributed by atoms with Crippen LogP contribution in [0.5, 0.6) is 0 Å². The Kier molecular flexibility index (Phi) is 3.34. The summed E-state index contributed by atoms with van der Waals surface area (Å²) < 4.78 is 0. The highest BCUT2D eigenvalue weighted by Crippen LogP contribution is 2.19. The van der Waals surface area contributed by atoms with Crippen LogP contribution in [0, 0.1) is 11.8 Å². The maximum absolute atomic E-state index is 3.45. The quantitative estimate of drug-likeness (QED) is 0.650. The van der Waals surface area contributed by atoms with Crippen LogP contribution >= 0.6 is 0 Å². The van der Waals surface area contributed by atoms with Gasteiger partial charge in [-0.3, -0.25) is 0 Å². The number of hydrogen-bond donors (Lipinski definition) is 1. The number of hydrogen-bond acceptors (Lipinski definition) is 2. The van der Waals surface area contributed by atoms with Gasteiger partial charge in [-0.25, -0.2) is 0 Å². The minimum atomic E-state index is 0.884. The van der Waals surface area contributed by atoms with E-state index in [9.17, 15) is 0 Å². The molecule has 2 atom stereocenters. The maximum Gasteiger partial charge on any atom is 0.00188 e. The molecule has 1 fully saturated rings. The lowest BCUT2D eigenvalue weighted by molar-refractivity contribution is 0.286. The third-order valence-electron chi connectivity index (χ3n) is 2.60. The predicted octanol–water partition coefficient (Wildman–Crippen LogP) is 0.794. The van der Waals surface area contributed by atoms with Gasteiger partial charge in [-0.2, -0.15) is 0 Å². The van der Waals surface area contributed by atoms with Gasteiger partial charge in [-0.05, 0) is 39.0 Å². The third kappa shape index (κ3) is 2.46. The molecule has 0 amide bonds. The van der Waals surface area contributed by atoms with Gasteiger partial charge in [0.05, 0.1) is 0 Å². The van der Waals surface area contributed by atoms with Crippen LogP contribution in [0.2, 0.25) is 0 Å². The van der Waals surface area contributed by atoms with E-state index in [0.29, 0.717) is 0 Å². The van der Waals surface area contributed by atoms with Crippen LogP contribution < -0.4 is 5.32 Å². The first kappa shape index (κ1) is 9.01. The molecule has 1 saturated heterocycles. The summed E-state index contributed by atoms with van der Waals surface area (Å²) in [6.07, 6.45) is 1.32. The second-order valence-corrected chi connectivity index (χ2v) is 3.85. The molecule has 0 saturated carbocycles. The van der Waals surface area contributed by atoms with E-state index in [4.69, 9.17) is 0 Å². The van der Waals surface area contributed by atoms with Gasteiger partial charge in [0.1, 0.15) is 0 Å². The lowest BCUT2D eigenvalue weighted by atomic mass is 9.93. The molecule has 0 aromatic rings. The van der Waals surface area contributed by atoms with Crippen LogP contribution in [-0.2, 0) is 0 Å². The van der Waals surface area contributed by atoms with Crippen LogP contribution in [0.15, 0.2) is 0 Å². The molecule has 0 radical (unpaired) electrons. The normalized spacial score (nSPS) is 31.6. The number of rotatable bonds is 3. The van der Waals surface area contributed by atoms with E-state index in [-0.39, 0.29) is 0 Å². The second kappa shape index (κ2) is 4.07. The SMILES string of the molecule is CCC1CNCC1CN(C)C. The van der Waals surface area contributed by atoms with Crippen LogP contribution in [0.4, 0.5) is 0 Å². The van der Waals surface area contributed by atoms with E-state index in [2.05, 4.69) is 31.2 Å². The Morgan fingerprint density at radius 2 is 1.91 bits per heavy atom. The summed E-state index contributed by atoms with van der Waals surface area (Å²) in [6.45, 7) is 5.98. The first-order valence-corrected chi connectivity index (χ1v) is 4.59. The summed E-state index contributed by atoms with van der Waals surface area (Å²) in [5.41, 5.74) is 0. The monoisotopic (exact) mass is 156 g/mol. The van der Waals surface area contributed by atoms with Crippen molar-refractivity contribution in [2.24, 2.45) is 11.8 Å². The van der Waals surface area contributed by atoms with Gasteiger partial charge in [0, 0.05) is 6.54 Å². The molecule has 0 spiro atoms. The fourth-order valence-electron chi connectivity index (χ4n) is 1.95. The standard InChI is InChI=1S/C9H20N2/c1-4-8-5-10-6-9(8)7-11(2)3/h8-10H,4-7H2,1-3H3. The molecule has 0 aromatic carbocycles. The Balaban J connectivity index is 2.31. The maximum atomic E-state index is 3.45. The molecule has 1 rings (SSSR count). The Morgan fingerprint density at radius 1 is 1.27 bits per heavy atom. The second-order valence-electron chi connectivity index (χ2n) is 3.85. The lowest BCUT2D eigenvalue weighted by Gasteiger charge is -2.20. The van der Waals surface area contributed by atoms with Crippen molar-refractivity contribution in [1.29, 1.82) is 0 Å². The Bertz CT molecular complexity index is 112.